The molecule has 0 aliphatic carbocycles. The number of carbonyl (C=O) groups is 3. The highest BCUT2D eigenvalue weighted by molar-refractivity contribution is 5.71. The second-order valence-corrected chi connectivity index (χ2v) is 21.6. The summed E-state index contributed by atoms with van der Waals surface area (Å²) in [6.45, 7) is 6.47. The van der Waals surface area contributed by atoms with Crippen LogP contribution in [-0.2, 0) is 28.6 Å². The molecular weight excluding hydrogens is 973 g/mol. The van der Waals surface area contributed by atoms with Crippen molar-refractivity contribution in [1.29, 1.82) is 0 Å². The van der Waals surface area contributed by atoms with Crippen molar-refractivity contribution in [3.05, 3.63) is 122 Å². The van der Waals surface area contributed by atoms with Gasteiger partial charge in [0, 0.05) is 19.3 Å². The van der Waals surface area contributed by atoms with Crippen LogP contribution in [0.2, 0.25) is 0 Å². The molecule has 79 heavy (non-hydrogen) atoms. The normalized spacial score (nSPS) is 12.9. The Balaban J connectivity index is 4.21. The van der Waals surface area contributed by atoms with Crippen LogP contribution in [0.25, 0.3) is 0 Å². The van der Waals surface area contributed by atoms with E-state index in [-0.39, 0.29) is 31.1 Å². The van der Waals surface area contributed by atoms with Crippen LogP contribution in [0.15, 0.2) is 122 Å². The van der Waals surface area contributed by atoms with Crippen LogP contribution < -0.4 is 0 Å². The first-order chi connectivity index (χ1) is 39.0. The third-order valence-electron chi connectivity index (χ3n) is 13.9. The molecule has 0 aromatic carbocycles. The van der Waals surface area contributed by atoms with Gasteiger partial charge in [-0.05, 0) is 109 Å². The summed E-state index contributed by atoms with van der Waals surface area (Å²) in [5.41, 5.74) is 0. The summed E-state index contributed by atoms with van der Waals surface area (Å²) >= 11 is 0. The van der Waals surface area contributed by atoms with Crippen molar-refractivity contribution >= 4 is 17.9 Å². The molecule has 0 amide bonds. The third kappa shape index (κ3) is 64.5. The predicted molar refractivity (Wildman–Crippen MR) is 343 cm³/mol. The van der Waals surface area contributed by atoms with Crippen LogP contribution in [0.3, 0.4) is 0 Å². The van der Waals surface area contributed by atoms with E-state index in [2.05, 4.69) is 142 Å². The molecule has 6 nitrogen and oxygen atoms in total. The molecule has 0 bridgehead atoms. The van der Waals surface area contributed by atoms with Gasteiger partial charge in [-0.2, -0.15) is 0 Å². The van der Waals surface area contributed by atoms with Crippen LogP contribution in [0.5, 0.6) is 0 Å². The van der Waals surface area contributed by atoms with Gasteiger partial charge < -0.3 is 14.2 Å². The molecule has 450 valence electrons. The Morgan fingerprint density at radius 3 is 0.835 bits per heavy atom. The van der Waals surface area contributed by atoms with Crippen molar-refractivity contribution in [1.82, 2.24) is 0 Å². The van der Waals surface area contributed by atoms with Gasteiger partial charge in [0.05, 0.1) is 0 Å². The molecule has 0 radical (unpaired) electrons. The van der Waals surface area contributed by atoms with E-state index in [9.17, 15) is 14.4 Å². The van der Waals surface area contributed by atoms with E-state index < -0.39 is 6.10 Å². The van der Waals surface area contributed by atoms with Gasteiger partial charge in [0.1, 0.15) is 13.2 Å². The average molecular weight is 1100 g/mol. The van der Waals surface area contributed by atoms with Crippen LogP contribution in [0.4, 0.5) is 0 Å². The summed E-state index contributed by atoms with van der Waals surface area (Å²) < 4.78 is 16.9. The first-order valence-corrected chi connectivity index (χ1v) is 33.0. The van der Waals surface area contributed by atoms with Crippen molar-refractivity contribution in [2.75, 3.05) is 13.2 Å². The van der Waals surface area contributed by atoms with Gasteiger partial charge in [-0.3, -0.25) is 14.4 Å². The van der Waals surface area contributed by atoms with E-state index in [1.807, 2.05) is 0 Å². The molecule has 1 atom stereocenters. The highest BCUT2D eigenvalue weighted by Crippen LogP contribution is 2.16. The molecule has 0 saturated carbocycles. The summed E-state index contributed by atoms with van der Waals surface area (Å²) in [5.74, 6) is -0.899. The van der Waals surface area contributed by atoms with E-state index in [4.69, 9.17) is 14.2 Å². The van der Waals surface area contributed by atoms with Crippen LogP contribution in [0, 0.1) is 0 Å². The third-order valence-corrected chi connectivity index (χ3v) is 13.9. The standard InChI is InChI=1S/C73H122O6/c1-4-7-10-13-16-19-22-24-26-28-29-30-31-32-33-34-35-36-37-38-39-40-41-42-43-44-45-46-48-49-51-54-57-60-63-66-72(75)78-69-70(68-77-71(74)65-62-59-56-53-21-18-15-12-9-6-3)79-73(76)67-64-61-58-55-52-50-47-27-25-23-20-17-14-11-8-5-2/h7,10,12,15-16,19,24,26,29-30,32-33,35-36,38-39,41-42,44-45,70H,4-6,8-9,11,13-14,17-18,20-23,25,27-28,31,34,37,40,43,46-69H2,1-3H3/b10-7-,15-12-,19-16-,26-24-,30-29-,33-32-,36-35-,39-38-,42-41-,45-44-. The summed E-state index contributed by atoms with van der Waals surface area (Å²) in [4.78, 5) is 38.2. The van der Waals surface area contributed by atoms with Crippen molar-refractivity contribution < 1.29 is 28.6 Å². The topological polar surface area (TPSA) is 78.9 Å². The number of unbranched alkanes of at least 4 members (excludes halogenated alkanes) is 28. The van der Waals surface area contributed by atoms with Gasteiger partial charge >= 0.3 is 17.9 Å². The maximum absolute atomic E-state index is 12.9. The molecule has 0 fully saturated rings. The molecule has 0 rings (SSSR count). The lowest BCUT2D eigenvalue weighted by molar-refractivity contribution is -0.167. The number of rotatable bonds is 59. The fourth-order valence-electron chi connectivity index (χ4n) is 9.03. The van der Waals surface area contributed by atoms with E-state index in [0.29, 0.717) is 19.3 Å². The lowest BCUT2D eigenvalue weighted by Gasteiger charge is -2.18. The van der Waals surface area contributed by atoms with Gasteiger partial charge in [-0.15, -0.1) is 0 Å². The van der Waals surface area contributed by atoms with E-state index in [1.54, 1.807) is 0 Å². The quantitative estimate of drug-likeness (QED) is 0.0261. The minimum atomic E-state index is -0.786. The second kappa shape index (κ2) is 66.3. The highest BCUT2D eigenvalue weighted by Gasteiger charge is 2.19. The predicted octanol–water partition coefficient (Wildman–Crippen LogP) is 22.8. The Bertz CT molecular complexity index is 1640. The molecule has 0 aliphatic heterocycles. The molecule has 0 aliphatic rings. The van der Waals surface area contributed by atoms with Gasteiger partial charge in [0.2, 0.25) is 0 Å². The van der Waals surface area contributed by atoms with Gasteiger partial charge in [-0.25, -0.2) is 0 Å². The molecule has 0 aromatic rings. The molecular formula is C73H122O6. The maximum atomic E-state index is 12.9. The van der Waals surface area contributed by atoms with Gasteiger partial charge in [-0.1, -0.05) is 296 Å². The fourth-order valence-corrected chi connectivity index (χ4v) is 9.03. The number of allylic oxidation sites excluding steroid dienone is 20. The Morgan fingerprint density at radius 2 is 0.519 bits per heavy atom. The first kappa shape index (κ1) is 74.8. The summed E-state index contributed by atoms with van der Waals surface area (Å²) in [6, 6.07) is 0. The lowest BCUT2D eigenvalue weighted by atomic mass is 10.0. The first-order valence-electron chi connectivity index (χ1n) is 33.0. The minimum absolute atomic E-state index is 0.0845. The van der Waals surface area contributed by atoms with Gasteiger partial charge in [0.25, 0.3) is 0 Å². The molecule has 0 spiro atoms. The number of ether oxygens (including phenoxy) is 3. The minimum Gasteiger partial charge on any atom is -0.462 e. The highest BCUT2D eigenvalue weighted by atomic mass is 16.6. The Kier molecular flexibility index (Phi) is 62.8. The largest absolute Gasteiger partial charge is 0.462 e. The van der Waals surface area contributed by atoms with E-state index in [0.717, 1.165) is 135 Å². The fraction of sp³-hybridized carbons (Fsp3) is 0.685. The molecule has 0 saturated heterocycles. The SMILES string of the molecule is CC/C=C\C/C=C\C/C=C\C/C=C\C/C=C\C/C=C\C/C=C\C/C=C\C/C=C\CCCCCCCCCC(=O)OCC(COC(=O)CCCCCCC/C=C\CCC)OC(=O)CCCCCCCCCCCCCCCCCC. The average Bonchev–Trinajstić information content (AvgIpc) is 3.45. The van der Waals surface area contributed by atoms with Crippen LogP contribution in [-0.4, -0.2) is 37.2 Å². The molecule has 1 unspecified atom stereocenters. The number of carbonyl (C=O) groups excluding carboxylic acids is 3. The maximum Gasteiger partial charge on any atom is 0.306 e. The second-order valence-electron chi connectivity index (χ2n) is 21.6. The smallest absolute Gasteiger partial charge is 0.306 e. The zero-order valence-corrected chi connectivity index (χ0v) is 51.6. The monoisotopic (exact) mass is 1090 g/mol. The zero-order valence-electron chi connectivity index (χ0n) is 51.6. The van der Waals surface area contributed by atoms with Crippen molar-refractivity contribution in [2.45, 2.75) is 309 Å². The Hall–Kier alpha value is -4.19. The summed E-state index contributed by atoms with van der Waals surface area (Å²) in [5, 5.41) is 0. The Labute approximate surface area is 488 Å². The van der Waals surface area contributed by atoms with Crippen molar-refractivity contribution in [3.8, 4) is 0 Å². The van der Waals surface area contributed by atoms with E-state index >= 15 is 0 Å². The van der Waals surface area contributed by atoms with Gasteiger partial charge in [0.15, 0.2) is 6.10 Å². The molecule has 0 N–H and O–H groups in total. The number of hydrogen-bond donors (Lipinski definition) is 0. The molecule has 0 aromatic heterocycles. The van der Waals surface area contributed by atoms with Crippen molar-refractivity contribution in [3.63, 3.8) is 0 Å². The lowest BCUT2D eigenvalue weighted by Crippen LogP contribution is -2.30. The number of hydrogen-bond acceptors (Lipinski definition) is 6. The van der Waals surface area contributed by atoms with Crippen LogP contribution >= 0.6 is 0 Å². The summed E-state index contributed by atoms with van der Waals surface area (Å²) in [7, 11) is 0. The van der Waals surface area contributed by atoms with E-state index in [1.165, 1.54) is 128 Å². The number of esters is 3. The zero-order chi connectivity index (χ0) is 57.1. The molecule has 6 heteroatoms. The van der Waals surface area contributed by atoms with Crippen molar-refractivity contribution in [2.24, 2.45) is 0 Å². The summed E-state index contributed by atoms with van der Waals surface area (Å²) in [6.07, 6.45) is 92.2. The molecule has 0 heterocycles. The van der Waals surface area contributed by atoms with Crippen LogP contribution in [0.1, 0.15) is 303 Å². The Morgan fingerprint density at radius 1 is 0.266 bits per heavy atom.